The molecule has 0 bridgehead atoms. The third kappa shape index (κ3) is 3.00. The smallest absolute Gasteiger partial charge is 0.0178 e. The summed E-state index contributed by atoms with van der Waals surface area (Å²) in [5.41, 5.74) is 0.567. The van der Waals surface area contributed by atoms with Crippen molar-refractivity contribution in [2.75, 3.05) is 7.05 Å². The zero-order chi connectivity index (χ0) is 13.0. The molecule has 0 saturated heterocycles. The van der Waals surface area contributed by atoms with Crippen molar-refractivity contribution in [3.63, 3.8) is 0 Å². The standard InChI is InChI=1S/C15H33N/c1-9-11-15(7,14(5,6)16-8)13(4)12(3)10-2/h12-13,16H,9-11H2,1-8H3/t12-,13?,15-/m0/s1. The molecule has 1 unspecified atom stereocenters. The van der Waals surface area contributed by atoms with Crippen LogP contribution >= 0.6 is 0 Å². The minimum absolute atomic E-state index is 0.200. The van der Waals surface area contributed by atoms with E-state index in [0.717, 1.165) is 11.8 Å². The average molecular weight is 227 g/mol. The van der Waals surface area contributed by atoms with Gasteiger partial charge in [0.25, 0.3) is 0 Å². The van der Waals surface area contributed by atoms with Crippen molar-refractivity contribution < 1.29 is 0 Å². The van der Waals surface area contributed by atoms with Gasteiger partial charge in [-0.3, -0.25) is 0 Å². The molecule has 0 radical (unpaired) electrons. The zero-order valence-electron chi connectivity index (χ0n) is 12.8. The second-order valence-corrected chi connectivity index (χ2v) is 6.22. The van der Waals surface area contributed by atoms with E-state index in [-0.39, 0.29) is 5.54 Å². The highest BCUT2D eigenvalue weighted by molar-refractivity contribution is 4.98. The third-order valence-corrected chi connectivity index (χ3v) is 5.32. The van der Waals surface area contributed by atoms with Crippen LogP contribution in [0.3, 0.4) is 0 Å². The van der Waals surface area contributed by atoms with Crippen molar-refractivity contribution in [1.29, 1.82) is 0 Å². The molecule has 1 heteroatoms. The molecule has 98 valence electrons. The summed E-state index contributed by atoms with van der Waals surface area (Å²) in [5.74, 6) is 1.55. The van der Waals surface area contributed by atoms with Crippen LogP contribution in [0.4, 0.5) is 0 Å². The van der Waals surface area contributed by atoms with Gasteiger partial charge in [-0.15, -0.1) is 0 Å². The van der Waals surface area contributed by atoms with Gasteiger partial charge in [-0.25, -0.2) is 0 Å². The Morgan fingerprint density at radius 3 is 1.88 bits per heavy atom. The lowest BCUT2D eigenvalue weighted by Gasteiger charge is -2.50. The van der Waals surface area contributed by atoms with Gasteiger partial charge >= 0.3 is 0 Å². The molecule has 0 saturated carbocycles. The van der Waals surface area contributed by atoms with E-state index in [1.807, 2.05) is 0 Å². The van der Waals surface area contributed by atoms with Crippen LogP contribution in [-0.2, 0) is 0 Å². The molecular weight excluding hydrogens is 194 g/mol. The van der Waals surface area contributed by atoms with Crippen LogP contribution in [0.15, 0.2) is 0 Å². The molecule has 1 N–H and O–H groups in total. The first-order chi connectivity index (χ1) is 7.26. The first-order valence-electron chi connectivity index (χ1n) is 6.95. The molecule has 0 aromatic rings. The normalized spacial score (nSPS) is 20.2. The number of hydrogen-bond acceptors (Lipinski definition) is 1. The van der Waals surface area contributed by atoms with Gasteiger partial charge in [0.15, 0.2) is 0 Å². The Kier molecular flexibility index (Phi) is 6.03. The van der Waals surface area contributed by atoms with Gasteiger partial charge < -0.3 is 5.32 Å². The van der Waals surface area contributed by atoms with Crippen LogP contribution in [-0.4, -0.2) is 12.6 Å². The fourth-order valence-corrected chi connectivity index (χ4v) is 2.90. The maximum Gasteiger partial charge on any atom is 0.0178 e. The van der Waals surface area contributed by atoms with Gasteiger partial charge in [0.1, 0.15) is 0 Å². The van der Waals surface area contributed by atoms with Crippen LogP contribution in [0.2, 0.25) is 0 Å². The summed E-state index contributed by atoms with van der Waals surface area (Å²) in [6.07, 6.45) is 3.84. The molecule has 0 heterocycles. The van der Waals surface area contributed by atoms with Crippen molar-refractivity contribution in [3.05, 3.63) is 0 Å². The molecule has 0 aromatic heterocycles. The van der Waals surface area contributed by atoms with E-state index in [2.05, 4.69) is 60.8 Å². The molecule has 0 aliphatic carbocycles. The van der Waals surface area contributed by atoms with Crippen molar-refractivity contribution >= 4 is 0 Å². The summed E-state index contributed by atoms with van der Waals surface area (Å²) in [7, 11) is 2.09. The van der Waals surface area contributed by atoms with Crippen LogP contribution < -0.4 is 5.32 Å². The fraction of sp³-hybridized carbons (Fsp3) is 1.00. The van der Waals surface area contributed by atoms with Crippen molar-refractivity contribution in [2.45, 2.75) is 73.3 Å². The third-order valence-electron chi connectivity index (χ3n) is 5.32. The lowest BCUT2D eigenvalue weighted by atomic mass is 9.59. The lowest BCUT2D eigenvalue weighted by Crippen LogP contribution is -2.55. The zero-order valence-corrected chi connectivity index (χ0v) is 12.8. The van der Waals surface area contributed by atoms with Gasteiger partial charge in [0.2, 0.25) is 0 Å². The van der Waals surface area contributed by atoms with E-state index in [1.165, 1.54) is 19.3 Å². The highest BCUT2D eigenvalue weighted by atomic mass is 14.9. The minimum Gasteiger partial charge on any atom is -0.314 e. The summed E-state index contributed by atoms with van der Waals surface area (Å²) in [6, 6.07) is 0. The second-order valence-electron chi connectivity index (χ2n) is 6.22. The Balaban J connectivity index is 5.09. The fourth-order valence-electron chi connectivity index (χ4n) is 2.90. The van der Waals surface area contributed by atoms with Crippen molar-refractivity contribution in [2.24, 2.45) is 17.3 Å². The van der Waals surface area contributed by atoms with E-state index in [4.69, 9.17) is 0 Å². The Morgan fingerprint density at radius 1 is 1.06 bits per heavy atom. The predicted octanol–water partition coefficient (Wildman–Crippen LogP) is 4.47. The summed E-state index contributed by atoms with van der Waals surface area (Å²) >= 11 is 0. The van der Waals surface area contributed by atoms with E-state index in [0.29, 0.717) is 5.41 Å². The average Bonchev–Trinajstić information content (AvgIpc) is 2.26. The minimum atomic E-state index is 0.200. The maximum absolute atomic E-state index is 3.53. The Labute approximate surface area is 103 Å². The van der Waals surface area contributed by atoms with Crippen molar-refractivity contribution in [3.8, 4) is 0 Å². The summed E-state index contributed by atoms with van der Waals surface area (Å²) in [5, 5.41) is 3.53. The largest absolute Gasteiger partial charge is 0.314 e. The SMILES string of the molecule is CCC[C@@](C)(C(C)[C@@H](C)CC)C(C)(C)NC. The summed E-state index contributed by atoms with van der Waals surface area (Å²) < 4.78 is 0. The molecule has 0 fully saturated rings. The molecular formula is C15H33N. The molecule has 0 aliphatic rings. The van der Waals surface area contributed by atoms with Crippen LogP contribution in [0.1, 0.15) is 67.7 Å². The molecule has 1 nitrogen and oxygen atoms in total. The number of hydrogen-bond donors (Lipinski definition) is 1. The van der Waals surface area contributed by atoms with E-state index in [1.54, 1.807) is 0 Å². The first-order valence-corrected chi connectivity index (χ1v) is 6.95. The van der Waals surface area contributed by atoms with Crippen LogP contribution in [0.25, 0.3) is 0 Å². The van der Waals surface area contributed by atoms with Gasteiger partial charge in [-0.1, -0.05) is 47.5 Å². The number of rotatable bonds is 7. The molecule has 0 rings (SSSR count). The quantitative estimate of drug-likeness (QED) is 0.676. The second kappa shape index (κ2) is 6.05. The molecule has 0 amide bonds. The number of nitrogens with one attached hydrogen (secondary N) is 1. The topological polar surface area (TPSA) is 12.0 Å². The highest BCUT2D eigenvalue weighted by Crippen LogP contribution is 2.46. The summed E-state index contributed by atoms with van der Waals surface area (Å²) in [6.45, 7) is 16.6. The van der Waals surface area contributed by atoms with E-state index >= 15 is 0 Å². The lowest BCUT2D eigenvalue weighted by molar-refractivity contribution is 0.0305. The molecule has 3 atom stereocenters. The molecule has 0 spiro atoms. The van der Waals surface area contributed by atoms with Crippen molar-refractivity contribution in [1.82, 2.24) is 5.32 Å². The monoisotopic (exact) mass is 227 g/mol. The van der Waals surface area contributed by atoms with Gasteiger partial charge in [0, 0.05) is 5.54 Å². The molecule has 16 heavy (non-hydrogen) atoms. The Morgan fingerprint density at radius 2 is 1.56 bits per heavy atom. The van der Waals surface area contributed by atoms with Crippen LogP contribution in [0, 0.1) is 17.3 Å². The van der Waals surface area contributed by atoms with Gasteiger partial charge in [0.05, 0.1) is 0 Å². The molecule has 0 aromatic carbocycles. The summed E-state index contributed by atoms with van der Waals surface area (Å²) in [4.78, 5) is 0. The van der Waals surface area contributed by atoms with Crippen LogP contribution in [0.5, 0.6) is 0 Å². The Hall–Kier alpha value is -0.0400. The highest BCUT2D eigenvalue weighted by Gasteiger charge is 2.44. The van der Waals surface area contributed by atoms with E-state index in [9.17, 15) is 0 Å². The van der Waals surface area contributed by atoms with Gasteiger partial charge in [-0.05, 0) is 44.6 Å². The maximum atomic E-state index is 3.53. The van der Waals surface area contributed by atoms with E-state index < -0.39 is 0 Å². The first kappa shape index (κ1) is 16.0. The Bertz CT molecular complexity index is 198. The predicted molar refractivity (Wildman–Crippen MR) is 74.8 cm³/mol. The van der Waals surface area contributed by atoms with Gasteiger partial charge in [-0.2, -0.15) is 0 Å². The molecule has 0 aliphatic heterocycles.